The Hall–Kier alpha value is -2.74. The summed E-state index contributed by atoms with van der Waals surface area (Å²) in [6.07, 6.45) is 2.71. The number of hydrogen-bond acceptors (Lipinski definition) is 5. The molecule has 0 unspecified atom stereocenters. The number of rotatable bonds is 8. The zero-order valence-electron chi connectivity index (χ0n) is 21.2. The molecule has 0 aliphatic carbocycles. The second kappa shape index (κ2) is 9.49. The molecule has 34 heavy (non-hydrogen) atoms. The van der Waals surface area contributed by atoms with Crippen molar-refractivity contribution in [1.29, 1.82) is 0 Å². The molecule has 7 nitrogen and oxygen atoms in total. The lowest BCUT2D eigenvalue weighted by molar-refractivity contribution is 0.0933. The summed E-state index contributed by atoms with van der Waals surface area (Å²) in [5, 5.41) is 13.0. The number of phenolic OH excluding ortho intramolecular Hbond substituents is 1. The second-order valence-corrected chi connectivity index (χ2v) is 12.1. The minimum atomic E-state index is -3.43. The van der Waals surface area contributed by atoms with Gasteiger partial charge in [-0.3, -0.25) is 9.52 Å². The van der Waals surface area contributed by atoms with E-state index in [9.17, 15) is 18.3 Å². The third kappa shape index (κ3) is 5.49. The van der Waals surface area contributed by atoms with Gasteiger partial charge in [0.05, 0.1) is 17.5 Å². The fraction of sp³-hybridized carbons (Fsp3) is 0.500. The van der Waals surface area contributed by atoms with Crippen LogP contribution < -0.4 is 14.9 Å². The maximum atomic E-state index is 12.7. The molecule has 1 aliphatic rings. The van der Waals surface area contributed by atoms with Gasteiger partial charge in [0.2, 0.25) is 10.0 Å². The van der Waals surface area contributed by atoms with Crippen molar-refractivity contribution in [3.63, 3.8) is 0 Å². The van der Waals surface area contributed by atoms with Crippen molar-refractivity contribution in [2.45, 2.75) is 60.4 Å². The van der Waals surface area contributed by atoms with E-state index < -0.39 is 10.0 Å². The first-order valence-electron chi connectivity index (χ1n) is 11.7. The lowest BCUT2D eigenvalue weighted by atomic mass is 9.81. The molecule has 8 heteroatoms. The van der Waals surface area contributed by atoms with Crippen molar-refractivity contribution >= 4 is 27.3 Å². The van der Waals surface area contributed by atoms with Crippen LogP contribution in [0.5, 0.6) is 5.75 Å². The zero-order valence-corrected chi connectivity index (χ0v) is 22.1. The van der Waals surface area contributed by atoms with Gasteiger partial charge in [-0.25, -0.2) is 8.42 Å². The third-order valence-electron chi connectivity index (χ3n) is 6.56. The molecule has 0 fully saturated rings. The standard InChI is InChI=1S/C26H37N3O4S/c1-16(2)29-13-12-19-17(3)23(28-34(7,32)33)18(4)21(24(19)29)14-26(5,6)15-27-25(31)20-10-8-9-11-22(20)30/h8-11,16,28,30H,12-15H2,1-7H3,(H,27,31). The number of carbonyl (C=O) groups is 1. The highest BCUT2D eigenvalue weighted by atomic mass is 32.2. The molecule has 186 valence electrons. The summed E-state index contributed by atoms with van der Waals surface area (Å²) in [5.41, 5.74) is 6.00. The third-order valence-corrected chi connectivity index (χ3v) is 7.13. The second-order valence-electron chi connectivity index (χ2n) is 10.4. The van der Waals surface area contributed by atoms with Crippen LogP contribution in [-0.4, -0.2) is 44.8 Å². The molecule has 2 aromatic carbocycles. The van der Waals surface area contributed by atoms with Crippen molar-refractivity contribution in [2.75, 3.05) is 29.0 Å². The average Bonchev–Trinajstić information content (AvgIpc) is 3.18. The number of carbonyl (C=O) groups excluding carboxylic acids is 1. The van der Waals surface area contributed by atoms with Crippen molar-refractivity contribution in [3.8, 4) is 5.75 Å². The van der Waals surface area contributed by atoms with Gasteiger partial charge in [-0.2, -0.15) is 0 Å². The molecule has 0 bridgehead atoms. The molecule has 2 aromatic rings. The molecule has 0 saturated heterocycles. The van der Waals surface area contributed by atoms with Gasteiger partial charge in [0.15, 0.2) is 0 Å². The Balaban J connectivity index is 1.97. The number of hydrogen-bond donors (Lipinski definition) is 3. The Morgan fingerprint density at radius 2 is 1.82 bits per heavy atom. The Morgan fingerprint density at radius 3 is 2.41 bits per heavy atom. The number of aromatic hydroxyl groups is 1. The van der Waals surface area contributed by atoms with E-state index in [1.807, 2.05) is 13.8 Å². The van der Waals surface area contributed by atoms with Gasteiger partial charge in [0.1, 0.15) is 5.75 Å². The highest BCUT2D eigenvalue weighted by Crippen LogP contribution is 2.44. The van der Waals surface area contributed by atoms with E-state index in [-0.39, 0.29) is 22.6 Å². The SMILES string of the molecule is Cc1c2c(c(CC(C)(C)CNC(=O)c3ccccc3O)c(C)c1NS(C)(=O)=O)N(C(C)C)CC2. The first-order valence-corrected chi connectivity index (χ1v) is 13.6. The summed E-state index contributed by atoms with van der Waals surface area (Å²) < 4.78 is 27.0. The van der Waals surface area contributed by atoms with Crippen LogP contribution in [0.1, 0.15) is 60.3 Å². The van der Waals surface area contributed by atoms with Crippen molar-refractivity contribution in [2.24, 2.45) is 5.41 Å². The number of fused-ring (bicyclic) bond motifs is 1. The van der Waals surface area contributed by atoms with Gasteiger partial charge in [0.25, 0.3) is 5.91 Å². The van der Waals surface area contributed by atoms with E-state index in [2.05, 4.69) is 42.6 Å². The molecule has 0 radical (unpaired) electrons. The number of nitrogens with zero attached hydrogens (tertiary/aromatic N) is 1. The minimum absolute atomic E-state index is 0.0472. The van der Waals surface area contributed by atoms with Crippen LogP contribution in [0.3, 0.4) is 0 Å². The quantitative estimate of drug-likeness (QED) is 0.520. The molecule has 1 amide bonds. The number of sulfonamides is 1. The Kier molecular flexibility index (Phi) is 7.22. The van der Waals surface area contributed by atoms with Crippen LogP contribution in [0.25, 0.3) is 0 Å². The summed E-state index contributed by atoms with van der Waals surface area (Å²) >= 11 is 0. The van der Waals surface area contributed by atoms with E-state index in [4.69, 9.17) is 0 Å². The maximum Gasteiger partial charge on any atom is 0.255 e. The summed E-state index contributed by atoms with van der Waals surface area (Å²) in [4.78, 5) is 15.1. The highest BCUT2D eigenvalue weighted by Gasteiger charge is 2.33. The summed E-state index contributed by atoms with van der Waals surface area (Å²) in [7, 11) is -3.43. The van der Waals surface area contributed by atoms with Gasteiger partial charge >= 0.3 is 0 Å². The highest BCUT2D eigenvalue weighted by molar-refractivity contribution is 7.92. The van der Waals surface area contributed by atoms with Crippen molar-refractivity contribution in [1.82, 2.24) is 5.32 Å². The van der Waals surface area contributed by atoms with Crippen LogP contribution in [-0.2, 0) is 22.9 Å². The molecule has 0 atom stereocenters. The number of nitrogens with one attached hydrogen (secondary N) is 2. The van der Waals surface area contributed by atoms with Crippen LogP contribution in [0.4, 0.5) is 11.4 Å². The molecule has 0 saturated carbocycles. The minimum Gasteiger partial charge on any atom is -0.507 e. The first-order chi connectivity index (χ1) is 15.7. The van der Waals surface area contributed by atoms with Gasteiger partial charge in [-0.15, -0.1) is 0 Å². The number of amides is 1. The average molecular weight is 488 g/mol. The van der Waals surface area contributed by atoms with E-state index in [1.54, 1.807) is 18.2 Å². The van der Waals surface area contributed by atoms with E-state index in [1.165, 1.54) is 23.6 Å². The lowest BCUT2D eigenvalue weighted by Gasteiger charge is -2.33. The molecule has 0 aromatic heterocycles. The van der Waals surface area contributed by atoms with Gasteiger partial charge in [-0.05, 0) is 80.3 Å². The monoisotopic (exact) mass is 487 g/mol. The molecule has 1 aliphatic heterocycles. The van der Waals surface area contributed by atoms with Crippen molar-refractivity contribution in [3.05, 3.63) is 52.1 Å². The molecule has 3 rings (SSSR count). The first kappa shape index (κ1) is 25.9. The molecule has 0 spiro atoms. The van der Waals surface area contributed by atoms with Crippen LogP contribution in [0.2, 0.25) is 0 Å². The predicted molar refractivity (Wildman–Crippen MR) is 138 cm³/mol. The normalized spacial score (nSPS) is 13.8. The van der Waals surface area contributed by atoms with Crippen LogP contribution >= 0.6 is 0 Å². The van der Waals surface area contributed by atoms with Gasteiger partial charge in [0, 0.05) is 24.8 Å². The molecular weight excluding hydrogens is 450 g/mol. The van der Waals surface area contributed by atoms with Crippen LogP contribution in [0.15, 0.2) is 24.3 Å². The van der Waals surface area contributed by atoms with Gasteiger partial charge < -0.3 is 15.3 Å². The van der Waals surface area contributed by atoms with Crippen LogP contribution in [0, 0.1) is 19.3 Å². The summed E-state index contributed by atoms with van der Waals surface area (Å²) in [6.45, 7) is 13.8. The number of anilines is 2. The largest absolute Gasteiger partial charge is 0.507 e. The van der Waals surface area contributed by atoms with E-state index in [0.717, 1.165) is 29.7 Å². The fourth-order valence-electron chi connectivity index (χ4n) is 4.81. The maximum absolute atomic E-state index is 12.7. The Labute approximate surface area is 203 Å². The van der Waals surface area contributed by atoms with Gasteiger partial charge in [-0.1, -0.05) is 26.0 Å². The summed E-state index contributed by atoms with van der Waals surface area (Å²) in [6, 6.07) is 6.81. The Bertz CT molecular complexity index is 1200. The number of para-hydroxylation sites is 1. The fourth-order valence-corrected chi connectivity index (χ4v) is 5.49. The lowest BCUT2D eigenvalue weighted by Crippen LogP contribution is -2.36. The van der Waals surface area contributed by atoms with E-state index in [0.29, 0.717) is 24.7 Å². The molecule has 3 N–H and O–H groups in total. The van der Waals surface area contributed by atoms with Crippen molar-refractivity contribution < 1.29 is 18.3 Å². The topological polar surface area (TPSA) is 98.7 Å². The smallest absolute Gasteiger partial charge is 0.255 e. The Morgan fingerprint density at radius 1 is 1.18 bits per heavy atom. The number of phenols is 1. The zero-order chi connectivity index (χ0) is 25.4. The van der Waals surface area contributed by atoms with E-state index >= 15 is 0 Å². The molecule has 1 heterocycles. The molecular formula is C26H37N3O4S. The predicted octanol–water partition coefficient (Wildman–Crippen LogP) is 4.15. The summed E-state index contributed by atoms with van der Waals surface area (Å²) in [5.74, 6) is -0.366. The number of benzene rings is 2.